The second-order valence-electron chi connectivity index (χ2n) is 13.0. The second-order valence-corrected chi connectivity index (χ2v) is 13.0. The van der Waals surface area contributed by atoms with Crippen molar-refractivity contribution in [2.45, 2.75) is 117 Å². The van der Waals surface area contributed by atoms with Gasteiger partial charge in [0.15, 0.2) is 6.04 Å². The molecule has 4 fully saturated rings. The monoisotopic (exact) mass is 477 g/mol. The number of carbonyl (C=O) groups excluding carboxylic acids is 1. The molecule has 0 bridgehead atoms. The molecule has 1 amide bonds. The van der Waals surface area contributed by atoms with Gasteiger partial charge in [-0.2, -0.15) is 0 Å². The Balaban J connectivity index is 1.38. The molecule has 0 aromatic heterocycles. The third-order valence-corrected chi connectivity index (χ3v) is 11.3. The minimum atomic E-state index is -1.25. The highest BCUT2D eigenvalue weighted by Crippen LogP contribution is 2.68. The number of carboxylic acids is 1. The Hall–Kier alpha value is -1.14. The number of carboxylic acid groups (broad SMARTS) is 1. The van der Waals surface area contributed by atoms with Crippen molar-refractivity contribution >= 4 is 11.9 Å². The van der Waals surface area contributed by atoms with Crippen molar-refractivity contribution in [1.29, 1.82) is 0 Å². The summed E-state index contributed by atoms with van der Waals surface area (Å²) < 4.78 is 0. The number of fused-ring (bicyclic) bond motifs is 5. The lowest BCUT2D eigenvalue weighted by Crippen LogP contribution is -2.54. The van der Waals surface area contributed by atoms with Crippen LogP contribution in [0, 0.1) is 46.3 Å². The molecule has 194 valence electrons. The Bertz CT molecular complexity index is 770. The molecule has 0 saturated heterocycles. The van der Waals surface area contributed by atoms with Gasteiger partial charge in [0, 0.05) is 6.42 Å². The quantitative estimate of drug-likeness (QED) is 0.436. The first kappa shape index (κ1) is 25.9. The van der Waals surface area contributed by atoms with Gasteiger partial charge in [-0.15, -0.1) is 0 Å². The number of carbonyl (C=O) groups is 2. The molecule has 34 heavy (non-hydrogen) atoms. The number of aliphatic carboxylic acids is 1. The minimum absolute atomic E-state index is 0.0937. The zero-order valence-electron chi connectivity index (χ0n) is 21.6. The summed E-state index contributed by atoms with van der Waals surface area (Å²) in [5, 5.41) is 31.6. The van der Waals surface area contributed by atoms with Crippen LogP contribution in [0.5, 0.6) is 0 Å². The van der Waals surface area contributed by atoms with Gasteiger partial charge in [0.2, 0.25) is 5.91 Å². The van der Waals surface area contributed by atoms with E-state index in [-0.39, 0.29) is 12.0 Å². The van der Waals surface area contributed by atoms with Crippen LogP contribution in [0.1, 0.15) is 98.3 Å². The molecule has 4 saturated carbocycles. The molecular formula is C28H47NO5. The topological polar surface area (TPSA) is 107 Å². The maximum absolute atomic E-state index is 12.4. The van der Waals surface area contributed by atoms with Crippen molar-refractivity contribution in [3.63, 3.8) is 0 Å². The van der Waals surface area contributed by atoms with Gasteiger partial charge in [-0.3, -0.25) is 4.79 Å². The van der Waals surface area contributed by atoms with Gasteiger partial charge in [-0.25, -0.2) is 4.79 Å². The second kappa shape index (κ2) is 9.72. The first-order valence-electron chi connectivity index (χ1n) is 13.9. The Labute approximate surface area is 205 Å². The SMILES string of the molecule is C[C@H](O)[C@H](NC(=O)CC[C@@H](C)[C@H]1CC[C@H]2[C@@H]3CC[C@@H]4C[C@H](O)CC[C@]4(C)[C@H]3CC[C@]12C)C(=O)O. The van der Waals surface area contributed by atoms with Gasteiger partial charge in [-0.05, 0) is 117 Å². The lowest BCUT2D eigenvalue weighted by Gasteiger charge is -2.61. The van der Waals surface area contributed by atoms with Gasteiger partial charge in [0.25, 0.3) is 0 Å². The van der Waals surface area contributed by atoms with Gasteiger partial charge in [0.05, 0.1) is 12.2 Å². The summed E-state index contributed by atoms with van der Waals surface area (Å²) in [5.41, 5.74) is 0.730. The Kier molecular flexibility index (Phi) is 7.42. The molecule has 6 nitrogen and oxygen atoms in total. The maximum atomic E-state index is 12.4. The van der Waals surface area contributed by atoms with E-state index < -0.39 is 18.1 Å². The lowest BCUT2D eigenvalue weighted by atomic mass is 9.44. The molecule has 4 rings (SSSR count). The standard InChI is InChI=1S/C28H47NO5/c1-16(5-10-24(32)29-25(17(2)30)26(33)34)21-8-9-22-20-7-6-18-15-19(31)11-13-27(18,3)23(20)12-14-28(21,22)4/h16-23,25,30-31H,5-15H2,1-4H3,(H,29,32)(H,33,34)/t16-,17+,18-,19-,20+,21-,22+,23+,25+,27+,28-/m1/s1. The first-order valence-corrected chi connectivity index (χ1v) is 13.9. The first-order chi connectivity index (χ1) is 16.0. The Morgan fingerprint density at radius 3 is 2.32 bits per heavy atom. The van der Waals surface area contributed by atoms with Crippen LogP contribution in [0.4, 0.5) is 0 Å². The molecule has 0 radical (unpaired) electrons. The highest BCUT2D eigenvalue weighted by molar-refractivity contribution is 5.83. The summed E-state index contributed by atoms with van der Waals surface area (Å²) in [5.74, 6) is 2.60. The molecule has 0 aromatic rings. The predicted octanol–water partition coefficient (Wildman–Crippen LogP) is 4.37. The third kappa shape index (κ3) is 4.54. The predicted molar refractivity (Wildman–Crippen MR) is 131 cm³/mol. The summed E-state index contributed by atoms with van der Waals surface area (Å²) in [6.07, 6.45) is 10.7. The van der Waals surface area contributed by atoms with Crippen LogP contribution in [0.15, 0.2) is 0 Å². The fourth-order valence-electron chi connectivity index (χ4n) is 9.40. The van der Waals surface area contributed by atoms with Crippen LogP contribution >= 0.6 is 0 Å². The smallest absolute Gasteiger partial charge is 0.328 e. The molecule has 0 aromatic carbocycles. The number of amides is 1. The van der Waals surface area contributed by atoms with Crippen LogP contribution in [-0.2, 0) is 9.59 Å². The average Bonchev–Trinajstić information content (AvgIpc) is 3.13. The summed E-state index contributed by atoms with van der Waals surface area (Å²) in [6, 6.07) is -1.25. The molecule has 6 heteroatoms. The van der Waals surface area contributed by atoms with E-state index in [1.807, 2.05) is 0 Å². The van der Waals surface area contributed by atoms with E-state index in [4.69, 9.17) is 0 Å². The summed E-state index contributed by atoms with van der Waals surface area (Å²) in [7, 11) is 0. The fourth-order valence-corrected chi connectivity index (χ4v) is 9.40. The Morgan fingerprint density at radius 2 is 1.65 bits per heavy atom. The van der Waals surface area contributed by atoms with Crippen molar-refractivity contribution in [2.75, 3.05) is 0 Å². The molecule has 11 atom stereocenters. The van der Waals surface area contributed by atoms with Crippen molar-refractivity contribution in [3.8, 4) is 0 Å². The number of rotatable bonds is 7. The van der Waals surface area contributed by atoms with E-state index in [1.165, 1.54) is 51.9 Å². The average molecular weight is 478 g/mol. The number of hydrogen-bond donors (Lipinski definition) is 4. The van der Waals surface area contributed by atoms with Crippen molar-refractivity contribution in [3.05, 3.63) is 0 Å². The molecule has 4 aliphatic carbocycles. The molecule has 4 N–H and O–H groups in total. The van der Waals surface area contributed by atoms with Crippen LogP contribution in [0.3, 0.4) is 0 Å². The normalized spacial score (nSPS) is 44.2. The van der Waals surface area contributed by atoms with Crippen LogP contribution in [0.25, 0.3) is 0 Å². The van der Waals surface area contributed by atoms with Crippen molar-refractivity contribution in [1.82, 2.24) is 5.32 Å². The van der Waals surface area contributed by atoms with Gasteiger partial charge in [-0.1, -0.05) is 20.8 Å². The number of aliphatic hydroxyl groups excluding tert-OH is 2. The third-order valence-electron chi connectivity index (χ3n) is 11.3. The van der Waals surface area contributed by atoms with E-state index >= 15 is 0 Å². The zero-order valence-corrected chi connectivity index (χ0v) is 21.6. The van der Waals surface area contributed by atoms with Gasteiger partial charge in [0.1, 0.15) is 0 Å². The van der Waals surface area contributed by atoms with E-state index in [0.717, 1.165) is 37.0 Å². The van der Waals surface area contributed by atoms with Gasteiger partial charge >= 0.3 is 5.97 Å². The molecule has 0 aliphatic heterocycles. The Morgan fingerprint density at radius 1 is 0.971 bits per heavy atom. The number of nitrogens with one attached hydrogen (secondary N) is 1. The number of aliphatic hydroxyl groups is 2. The fraction of sp³-hybridized carbons (Fsp3) is 0.929. The highest BCUT2D eigenvalue weighted by Gasteiger charge is 2.60. The molecule has 0 unspecified atom stereocenters. The molecule has 4 aliphatic rings. The van der Waals surface area contributed by atoms with E-state index in [9.17, 15) is 24.9 Å². The van der Waals surface area contributed by atoms with Crippen molar-refractivity contribution < 1.29 is 24.9 Å². The lowest BCUT2D eigenvalue weighted by molar-refractivity contribution is -0.144. The van der Waals surface area contributed by atoms with E-state index in [0.29, 0.717) is 35.0 Å². The van der Waals surface area contributed by atoms with Crippen molar-refractivity contribution in [2.24, 2.45) is 46.3 Å². The van der Waals surface area contributed by atoms with Crippen LogP contribution < -0.4 is 5.32 Å². The zero-order chi connectivity index (χ0) is 24.8. The largest absolute Gasteiger partial charge is 0.480 e. The van der Waals surface area contributed by atoms with E-state index in [1.54, 1.807) is 0 Å². The van der Waals surface area contributed by atoms with Gasteiger partial charge < -0.3 is 20.6 Å². The summed E-state index contributed by atoms with van der Waals surface area (Å²) >= 11 is 0. The van der Waals surface area contributed by atoms with Crippen LogP contribution in [0.2, 0.25) is 0 Å². The maximum Gasteiger partial charge on any atom is 0.328 e. The number of hydrogen-bond acceptors (Lipinski definition) is 4. The highest BCUT2D eigenvalue weighted by atomic mass is 16.4. The molecule has 0 heterocycles. The van der Waals surface area contributed by atoms with Crippen LogP contribution in [-0.4, -0.2) is 45.4 Å². The minimum Gasteiger partial charge on any atom is -0.480 e. The van der Waals surface area contributed by atoms with E-state index in [2.05, 4.69) is 26.1 Å². The summed E-state index contributed by atoms with van der Waals surface area (Å²) in [4.78, 5) is 23.7. The molecular weight excluding hydrogens is 430 g/mol. The molecule has 0 spiro atoms. The summed E-state index contributed by atoms with van der Waals surface area (Å²) in [6.45, 7) is 8.73.